The highest BCUT2D eigenvalue weighted by atomic mass is 16.1. The summed E-state index contributed by atoms with van der Waals surface area (Å²) in [6.07, 6.45) is 2.48. The van der Waals surface area contributed by atoms with E-state index in [0.717, 1.165) is 29.9 Å². The highest BCUT2D eigenvalue weighted by Gasteiger charge is 2.45. The molecule has 20 heavy (non-hydrogen) atoms. The fraction of sp³-hybridized carbons (Fsp3) is 0.588. The predicted molar refractivity (Wildman–Crippen MR) is 84.2 cm³/mol. The minimum atomic E-state index is 0.0532. The lowest BCUT2D eigenvalue weighted by Crippen LogP contribution is -2.32. The number of benzene rings is 1. The van der Waals surface area contributed by atoms with Gasteiger partial charge in [0.15, 0.2) is 0 Å². The molecule has 0 radical (unpaired) electrons. The normalized spacial score (nSPS) is 16.1. The Morgan fingerprint density at radius 2 is 2.05 bits per heavy atom. The SMILES string of the molecule is CCNc1ccc(C(=O)NCC2(C(C)C)CC2)c(C)c1. The summed E-state index contributed by atoms with van der Waals surface area (Å²) in [7, 11) is 0. The maximum absolute atomic E-state index is 12.3. The summed E-state index contributed by atoms with van der Waals surface area (Å²) in [4.78, 5) is 12.3. The average Bonchev–Trinajstić information content (AvgIpc) is 3.18. The fourth-order valence-corrected chi connectivity index (χ4v) is 2.70. The molecule has 1 aromatic carbocycles. The monoisotopic (exact) mass is 274 g/mol. The third-order valence-electron chi connectivity index (χ3n) is 4.57. The molecule has 1 fully saturated rings. The number of rotatable bonds is 6. The van der Waals surface area contributed by atoms with Crippen molar-refractivity contribution in [2.75, 3.05) is 18.4 Å². The predicted octanol–water partition coefficient (Wildman–Crippen LogP) is 3.59. The highest BCUT2D eigenvalue weighted by Crippen LogP contribution is 2.51. The van der Waals surface area contributed by atoms with Crippen LogP contribution in [0.25, 0.3) is 0 Å². The second-order valence-electron chi connectivity index (χ2n) is 6.26. The van der Waals surface area contributed by atoms with Gasteiger partial charge in [-0.2, -0.15) is 0 Å². The molecule has 0 unspecified atom stereocenters. The van der Waals surface area contributed by atoms with Gasteiger partial charge in [-0.05, 0) is 61.8 Å². The molecule has 3 nitrogen and oxygen atoms in total. The van der Waals surface area contributed by atoms with E-state index in [1.807, 2.05) is 25.1 Å². The number of hydrogen-bond acceptors (Lipinski definition) is 2. The Bertz CT molecular complexity index is 490. The first-order chi connectivity index (χ1) is 9.48. The molecule has 0 heterocycles. The van der Waals surface area contributed by atoms with Gasteiger partial charge in [-0.15, -0.1) is 0 Å². The Hall–Kier alpha value is -1.51. The van der Waals surface area contributed by atoms with Gasteiger partial charge in [0.1, 0.15) is 0 Å². The molecule has 2 N–H and O–H groups in total. The van der Waals surface area contributed by atoms with Crippen LogP contribution >= 0.6 is 0 Å². The zero-order valence-corrected chi connectivity index (χ0v) is 13.0. The van der Waals surface area contributed by atoms with Crippen molar-refractivity contribution in [3.05, 3.63) is 29.3 Å². The van der Waals surface area contributed by atoms with Gasteiger partial charge in [-0.3, -0.25) is 4.79 Å². The highest BCUT2D eigenvalue weighted by molar-refractivity contribution is 5.96. The van der Waals surface area contributed by atoms with Crippen LogP contribution < -0.4 is 10.6 Å². The van der Waals surface area contributed by atoms with Crippen molar-refractivity contribution in [3.8, 4) is 0 Å². The van der Waals surface area contributed by atoms with E-state index in [1.54, 1.807) is 0 Å². The van der Waals surface area contributed by atoms with E-state index in [0.29, 0.717) is 11.3 Å². The van der Waals surface area contributed by atoms with Gasteiger partial charge < -0.3 is 10.6 Å². The summed E-state index contributed by atoms with van der Waals surface area (Å²) < 4.78 is 0. The summed E-state index contributed by atoms with van der Waals surface area (Å²) in [6.45, 7) is 10.2. The van der Waals surface area contributed by atoms with Crippen molar-refractivity contribution in [2.24, 2.45) is 11.3 Å². The Labute approximate surface area is 122 Å². The van der Waals surface area contributed by atoms with Crippen molar-refractivity contribution in [1.29, 1.82) is 0 Å². The molecule has 1 aliphatic rings. The van der Waals surface area contributed by atoms with Gasteiger partial charge in [0.2, 0.25) is 0 Å². The lowest BCUT2D eigenvalue weighted by molar-refractivity contribution is 0.0939. The van der Waals surface area contributed by atoms with Crippen molar-refractivity contribution in [2.45, 2.75) is 40.5 Å². The molecule has 0 aliphatic heterocycles. The number of aryl methyl sites for hydroxylation is 1. The van der Waals surface area contributed by atoms with Gasteiger partial charge in [-0.25, -0.2) is 0 Å². The number of carbonyl (C=O) groups excluding carboxylic acids is 1. The van der Waals surface area contributed by atoms with Crippen LogP contribution in [0.4, 0.5) is 5.69 Å². The largest absolute Gasteiger partial charge is 0.385 e. The standard InChI is InChI=1S/C17H26N2O/c1-5-18-14-6-7-15(13(4)10-14)16(20)19-11-17(8-9-17)12(2)3/h6-7,10,12,18H,5,8-9,11H2,1-4H3,(H,19,20). The van der Waals surface area contributed by atoms with E-state index >= 15 is 0 Å². The molecule has 1 amide bonds. The average molecular weight is 274 g/mol. The molecule has 0 aromatic heterocycles. The molecule has 0 saturated heterocycles. The minimum absolute atomic E-state index is 0.0532. The second-order valence-corrected chi connectivity index (χ2v) is 6.26. The van der Waals surface area contributed by atoms with Crippen molar-refractivity contribution < 1.29 is 4.79 Å². The van der Waals surface area contributed by atoms with Crippen LogP contribution in [0.1, 0.15) is 49.5 Å². The molecule has 0 spiro atoms. The molecule has 3 heteroatoms. The van der Waals surface area contributed by atoms with Crippen molar-refractivity contribution in [1.82, 2.24) is 5.32 Å². The van der Waals surface area contributed by atoms with Crippen LogP contribution in [0.5, 0.6) is 0 Å². The molecule has 1 aromatic rings. The first-order valence-corrected chi connectivity index (χ1v) is 7.61. The van der Waals surface area contributed by atoms with E-state index in [1.165, 1.54) is 12.8 Å². The number of nitrogens with one attached hydrogen (secondary N) is 2. The third-order valence-corrected chi connectivity index (χ3v) is 4.57. The lowest BCUT2D eigenvalue weighted by Gasteiger charge is -2.20. The topological polar surface area (TPSA) is 41.1 Å². The second kappa shape index (κ2) is 5.86. The van der Waals surface area contributed by atoms with Crippen molar-refractivity contribution >= 4 is 11.6 Å². The first kappa shape index (κ1) is 14.9. The number of amides is 1. The third kappa shape index (κ3) is 3.14. The molecule has 0 atom stereocenters. The molecule has 2 rings (SSSR count). The molecular weight excluding hydrogens is 248 g/mol. The van der Waals surface area contributed by atoms with Gasteiger partial charge >= 0.3 is 0 Å². The summed E-state index contributed by atoms with van der Waals surface area (Å²) in [6, 6.07) is 5.92. The number of anilines is 1. The maximum Gasteiger partial charge on any atom is 0.251 e. The minimum Gasteiger partial charge on any atom is -0.385 e. The van der Waals surface area contributed by atoms with Crippen LogP contribution in [-0.4, -0.2) is 19.0 Å². The van der Waals surface area contributed by atoms with E-state index in [9.17, 15) is 4.79 Å². The smallest absolute Gasteiger partial charge is 0.251 e. The summed E-state index contributed by atoms with van der Waals surface area (Å²) in [5, 5.41) is 6.38. The summed E-state index contributed by atoms with van der Waals surface area (Å²) in [5.74, 6) is 0.692. The Morgan fingerprint density at radius 1 is 1.35 bits per heavy atom. The summed E-state index contributed by atoms with van der Waals surface area (Å²) >= 11 is 0. The number of hydrogen-bond donors (Lipinski definition) is 2. The van der Waals surface area contributed by atoms with Crippen LogP contribution in [0, 0.1) is 18.3 Å². The van der Waals surface area contributed by atoms with E-state index in [2.05, 4.69) is 31.4 Å². The van der Waals surface area contributed by atoms with E-state index in [-0.39, 0.29) is 5.91 Å². The lowest BCUT2D eigenvalue weighted by atomic mass is 9.92. The van der Waals surface area contributed by atoms with Gasteiger partial charge in [0.25, 0.3) is 5.91 Å². The van der Waals surface area contributed by atoms with Crippen LogP contribution in [0.2, 0.25) is 0 Å². The zero-order chi connectivity index (χ0) is 14.8. The zero-order valence-electron chi connectivity index (χ0n) is 13.0. The van der Waals surface area contributed by atoms with Gasteiger partial charge in [0.05, 0.1) is 0 Å². The molecule has 110 valence electrons. The summed E-state index contributed by atoms with van der Waals surface area (Å²) in [5.41, 5.74) is 3.23. The Morgan fingerprint density at radius 3 is 2.55 bits per heavy atom. The Kier molecular flexibility index (Phi) is 4.36. The van der Waals surface area contributed by atoms with Crippen LogP contribution in [0.3, 0.4) is 0 Å². The van der Waals surface area contributed by atoms with Gasteiger partial charge in [0, 0.05) is 24.3 Å². The molecule has 0 bridgehead atoms. The first-order valence-electron chi connectivity index (χ1n) is 7.61. The van der Waals surface area contributed by atoms with Gasteiger partial charge in [-0.1, -0.05) is 13.8 Å². The Balaban J connectivity index is 1.99. The van der Waals surface area contributed by atoms with Crippen molar-refractivity contribution in [3.63, 3.8) is 0 Å². The van der Waals surface area contributed by atoms with E-state index < -0.39 is 0 Å². The van der Waals surface area contributed by atoms with E-state index in [4.69, 9.17) is 0 Å². The fourth-order valence-electron chi connectivity index (χ4n) is 2.70. The molecule has 1 aliphatic carbocycles. The molecular formula is C17H26N2O. The molecule has 1 saturated carbocycles. The maximum atomic E-state index is 12.3. The quantitative estimate of drug-likeness (QED) is 0.832. The van der Waals surface area contributed by atoms with Crippen LogP contribution in [0.15, 0.2) is 18.2 Å². The van der Waals surface area contributed by atoms with Crippen LogP contribution in [-0.2, 0) is 0 Å². The number of carbonyl (C=O) groups is 1.